The van der Waals surface area contributed by atoms with Gasteiger partial charge in [-0.15, -0.1) is 0 Å². The van der Waals surface area contributed by atoms with Crippen molar-refractivity contribution >= 4 is 34.4 Å². The Balaban J connectivity index is 2.74. The molecule has 1 aromatic heterocycles. The molecule has 1 aromatic carbocycles. The Morgan fingerprint density at radius 2 is 2.06 bits per heavy atom. The summed E-state index contributed by atoms with van der Waals surface area (Å²) in [6, 6.07) is 1.90. The molecule has 88 valence electrons. The van der Waals surface area contributed by atoms with Gasteiger partial charge in [-0.25, -0.2) is 0 Å². The first-order valence-corrected chi connectivity index (χ1v) is 5.74. The molecule has 2 nitrogen and oxygen atoms in total. The third-order valence-corrected chi connectivity index (χ3v) is 3.33. The molecule has 1 heterocycles. The van der Waals surface area contributed by atoms with E-state index in [-0.39, 0.29) is 5.78 Å². The van der Waals surface area contributed by atoms with Crippen LogP contribution >= 0.6 is 11.6 Å². The van der Waals surface area contributed by atoms with E-state index in [4.69, 9.17) is 16.0 Å². The normalized spacial score (nSPS) is 11.5. The van der Waals surface area contributed by atoms with Gasteiger partial charge < -0.3 is 4.42 Å². The van der Waals surface area contributed by atoms with E-state index >= 15 is 0 Å². The highest BCUT2D eigenvalue weighted by Crippen LogP contribution is 2.34. The molecule has 0 atom stereocenters. The number of carbonyl (C=O) groups excluding carboxylic acids is 1. The Labute approximate surface area is 105 Å². The number of aryl methyl sites for hydroxylation is 1. The number of rotatable bonds is 2. The third kappa shape index (κ3) is 2.01. The average molecular weight is 249 g/mol. The van der Waals surface area contributed by atoms with E-state index in [1.807, 2.05) is 19.9 Å². The number of hydrogen-bond acceptors (Lipinski definition) is 2. The summed E-state index contributed by atoms with van der Waals surface area (Å²) in [4.78, 5) is 11.0. The molecule has 0 bridgehead atoms. The van der Waals surface area contributed by atoms with Crippen molar-refractivity contribution in [1.82, 2.24) is 0 Å². The summed E-state index contributed by atoms with van der Waals surface area (Å²) in [6.07, 6.45) is 4.89. The summed E-state index contributed by atoms with van der Waals surface area (Å²) in [7, 11) is 0. The second kappa shape index (κ2) is 4.38. The maximum atomic E-state index is 11.0. The van der Waals surface area contributed by atoms with Crippen LogP contribution < -0.4 is 0 Å². The Bertz CT molecular complexity index is 621. The summed E-state index contributed by atoms with van der Waals surface area (Å²) in [5.74, 6) is -0.00217. The van der Waals surface area contributed by atoms with Crippen LogP contribution in [0.5, 0.6) is 0 Å². The molecule has 2 rings (SSSR count). The van der Waals surface area contributed by atoms with Crippen molar-refractivity contribution in [3.05, 3.63) is 40.1 Å². The Kier molecular flexibility index (Phi) is 3.07. The van der Waals surface area contributed by atoms with E-state index in [9.17, 15) is 4.79 Å². The van der Waals surface area contributed by atoms with Crippen LogP contribution in [0.3, 0.4) is 0 Å². The lowest BCUT2D eigenvalue weighted by molar-refractivity contribution is -0.112. The first-order chi connectivity index (χ1) is 8.02. The lowest BCUT2D eigenvalue weighted by Crippen LogP contribution is -1.90. The van der Waals surface area contributed by atoms with Crippen molar-refractivity contribution in [3.63, 3.8) is 0 Å². The maximum absolute atomic E-state index is 11.0. The van der Waals surface area contributed by atoms with E-state index in [1.54, 1.807) is 12.3 Å². The van der Waals surface area contributed by atoms with Crippen molar-refractivity contribution in [2.45, 2.75) is 20.8 Å². The fourth-order valence-corrected chi connectivity index (χ4v) is 2.22. The quantitative estimate of drug-likeness (QED) is 0.742. The average Bonchev–Trinajstić information content (AvgIpc) is 2.75. The molecule has 0 unspecified atom stereocenters. The van der Waals surface area contributed by atoms with E-state index in [0.717, 1.165) is 22.1 Å². The minimum atomic E-state index is -0.00217. The first-order valence-electron chi connectivity index (χ1n) is 5.37. The van der Waals surface area contributed by atoms with Gasteiger partial charge in [-0.1, -0.05) is 11.6 Å². The summed E-state index contributed by atoms with van der Waals surface area (Å²) in [5, 5.41) is 1.58. The number of carbonyl (C=O) groups is 1. The SMILES string of the molecule is CC(=O)/C=C/c1c(C)c(C)c2ccoc2c1Cl. The molecule has 3 heteroatoms. The topological polar surface area (TPSA) is 30.2 Å². The number of furan rings is 1. The zero-order valence-corrected chi connectivity index (χ0v) is 10.8. The number of hydrogen-bond donors (Lipinski definition) is 0. The van der Waals surface area contributed by atoms with E-state index < -0.39 is 0 Å². The molecule has 0 aliphatic rings. The fourth-order valence-electron chi connectivity index (χ4n) is 1.86. The summed E-state index contributed by atoms with van der Waals surface area (Å²) in [5.41, 5.74) is 3.72. The van der Waals surface area contributed by atoms with Gasteiger partial charge >= 0.3 is 0 Å². The molecule has 0 N–H and O–H groups in total. The molecule has 0 saturated carbocycles. The van der Waals surface area contributed by atoms with Crippen LogP contribution in [0.15, 0.2) is 22.8 Å². The number of benzene rings is 1. The standard InChI is InChI=1S/C14H13ClO2/c1-8(16)4-5-11-9(2)10(3)12-6-7-17-14(12)13(11)15/h4-7H,1-3H3/b5-4+. The molecular weight excluding hydrogens is 236 g/mol. The smallest absolute Gasteiger partial charge is 0.153 e. The van der Waals surface area contributed by atoms with E-state index in [2.05, 4.69) is 0 Å². The third-order valence-electron chi connectivity index (χ3n) is 2.96. The van der Waals surface area contributed by atoms with Gasteiger partial charge in [0, 0.05) is 10.9 Å². The van der Waals surface area contributed by atoms with Gasteiger partial charge in [0.05, 0.1) is 11.3 Å². The highest BCUT2D eigenvalue weighted by atomic mass is 35.5. The molecule has 2 aromatic rings. The van der Waals surface area contributed by atoms with Gasteiger partial charge in [-0.2, -0.15) is 0 Å². The molecular formula is C14H13ClO2. The van der Waals surface area contributed by atoms with Crippen molar-refractivity contribution in [3.8, 4) is 0 Å². The summed E-state index contributed by atoms with van der Waals surface area (Å²) in [6.45, 7) is 5.53. The van der Waals surface area contributed by atoms with Crippen LogP contribution in [-0.4, -0.2) is 5.78 Å². The number of fused-ring (bicyclic) bond motifs is 1. The molecule has 0 fully saturated rings. The molecule has 0 aliphatic carbocycles. The van der Waals surface area contributed by atoms with Crippen LogP contribution in [-0.2, 0) is 4.79 Å². The van der Waals surface area contributed by atoms with Crippen LogP contribution in [0, 0.1) is 13.8 Å². The first kappa shape index (κ1) is 11.9. The van der Waals surface area contributed by atoms with Gasteiger partial charge in [0.25, 0.3) is 0 Å². The Morgan fingerprint density at radius 3 is 2.71 bits per heavy atom. The monoisotopic (exact) mass is 248 g/mol. The summed E-state index contributed by atoms with van der Waals surface area (Å²) >= 11 is 6.29. The summed E-state index contributed by atoms with van der Waals surface area (Å²) < 4.78 is 5.38. The van der Waals surface area contributed by atoms with Gasteiger partial charge in [0.2, 0.25) is 0 Å². The van der Waals surface area contributed by atoms with E-state index in [0.29, 0.717) is 10.6 Å². The largest absolute Gasteiger partial charge is 0.463 e. The lowest BCUT2D eigenvalue weighted by Gasteiger charge is -2.08. The predicted molar refractivity (Wildman–Crippen MR) is 70.4 cm³/mol. The predicted octanol–water partition coefficient (Wildman–Crippen LogP) is 4.31. The molecule has 17 heavy (non-hydrogen) atoms. The van der Waals surface area contributed by atoms with Crippen molar-refractivity contribution in [2.75, 3.05) is 0 Å². The number of allylic oxidation sites excluding steroid dienone is 1. The van der Waals surface area contributed by atoms with Crippen LogP contribution in [0.2, 0.25) is 5.02 Å². The lowest BCUT2D eigenvalue weighted by atomic mass is 9.99. The van der Waals surface area contributed by atoms with Crippen LogP contribution in [0.25, 0.3) is 17.0 Å². The Hall–Kier alpha value is -1.54. The van der Waals surface area contributed by atoms with Crippen LogP contribution in [0.1, 0.15) is 23.6 Å². The molecule has 0 saturated heterocycles. The maximum Gasteiger partial charge on any atom is 0.153 e. The van der Waals surface area contributed by atoms with E-state index in [1.165, 1.54) is 13.0 Å². The van der Waals surface area contributed by atoms with Crippen molar-refractivity contribution in [1.29, 1.82) is 0 Å². The second-order valence-electron chi connectivity index (χ2n) is 4.09. The fraction of sp³-hybridized carbons (Fsp3) is 0.214. The van der Waals surface area contributed by atoms with Crippen molar-refractivity contribution in [2.24, 2.45) is 0 Å². The minimum Gasteiger partial charge on any atom is -0.463 e. The molecule has 0 aliphatic heterocycles. The second-order valence-corrected chi connectivity index (χ2v) is 4.46. The number of ketones is 1. The minimum absolute atomic E-state index is 0.00217. The Morgan fingerprint density at radius 1 is 1.35 bits per heavy atom. The molecule has 0 radical (unpaired) electrons. The number of halogens is 1. The molecule has 0 amide bonds. The van der Waals surface area contributed by atoms with Gasteiger partial charge in [-0.3, -0.25) is 4.79 Å². The zero-order chi connectivity index (χ0) is 12.6. The highest BCUT2D eigenvalue weighted by molar-refractivity contribution is 6.36. The van der Waals surface area contributed by atoms with Gasteiger partial charge in [0.1, 0.15) is 0 Å². The highest BCUT2D eigenvalue weighted by Gasteiger charge is 2.13. The zero-order valence-electron chi connectivity index (χ0n) is 10.0. The van der Waals surface area contributed by atoms with Crippen LogP contribution in [0.4, 0.5) is 0 Å². The van der Waals surface area contributed by atoms with Gasteiger partial charge in [0.15, 0.2) is 11.4 Å². The molecule has 0 spiro atoms. The van der Waals surface area contributed by atoms with Gasteiger partial charge in [-0.05, 0) is 50.1 Å². The van der Waals surface area contributed by atoms with Crippen molar-refractivity contribution < 1.29 is 9.21 Å².